The molecule has 592 valence electrons. The van der Waals surface area contributed by atoms with Gasteiger partial charge in [-0.1, -0.05) is 215 Å². The van der Waals surface area contributed by atoms with Gasteiger partial charge in [0, 0.05) is 104 Å². The molecule has 0 saturated carbocycles. The molecule has 0 spiro atoms. The Kier molecular flexibility index (Phi) is 89.3. The van der Waals surface area contributed by atoms with E-state index < -0.39 is 12.2 Å². The van der Waals surface area contributed by atoms with Crippen molar-refractivity contribution in [3.05, 3.63) is 0 Å². The van der Waals surface area contributed by atoms with Crippen molar-refractivity contribution in [2.24, 2.45) is 58.7 Å². The highest BCUT2D eigenvalue weighted by Gasteiger charge is 2.18. The number of hydrogen-bond acceptors (Lipinski definition) is 14. The average molecular weight is 1420 g/mol. The second-order valence-electron chi connectivity index (χ2n) is 27.9. The number of rotatable bonds is 33. The van der Waals surface area contributed by atoms with Crippen LogP contribution in [-0.4, -0.2) is 167 Å². The van der Waals surface area contributed by atoms with E-state index in [9.17, 15) is 43.2 Å². The predicted molar refractivity (Wildman–Crippen MR) is 410 cm³/mol. The fourth-order valence-corrected chi connectivity index (χ4v) is 5.63. The van der Waals surface area contributed by atoms with Crippen LogP contribution in [0, 0.1) is 58.7 Å². The Morgan fingerprint density at radius 2 is 0.561 bits per heavy atom. The van der Waals surface area contributed by atoms with Gasteiger partial charge in [-0.25, -0.2) is 0 Å². The molecule has 0 aliphatic heterocycles. The highest BCUT2D eigenvalue weighted by Crippen LogP contribution is 2.17. The van der Waals surface area contributed by atoms with Crippen LogP contribution in [0.25, 0.3) is 0 Å². The maximum absolute atomic E-state index is 11.2. The zero-order chi connectivity index (χ0) is 77.6. The van der Waals surface area contributed by atoms with Gasteiger partial charge in [-0.3, -0.25) is 43.2 Å². The quantitative estimate of drug-likeness (QED) is 0.0291. The summed E-state index contributed by atoms with van der Waals surface area (Å²) in [5.74, 6) is 1.00. The van der Waals surface area contributed by atoms with E-state index in [1.807, 2.05) is 166 Å². The highest BCUT2D eigenvalue weighted by molar-refractivity contribution is 5.81. The Balaban J connectivity index is -0.0000000964. The van der Waals surface area contributed by atoms with Crippen LogP contribution in [0.2, 0.25) is 0 Å². The number of aliphatic hydroxyl groups excluding tert-OH is 5. The molecule has 0 fully saturated rings. The zero-order valence-electron chi connectivity index (χ0n) is 67.0. The Labute approximate surface area is 601 Å². The van der Waals surface area contributed by atoms with Crippen molar-refractivity contribution in [1.29, 1.82) is 0 Å². The predicted octanol–water partition coefficient (Wildman–Crippen LogP) is 10.4. The molecule has 0 aliphatic rings. The molecule has 0 aromatic heterocycles. The van der Waals surface area contributed by atoms with Crippen molar-refractivity contribution in [3.63, 3.8) is 0 Å². The lowest BCUT2D eigenvalue weighted by Crippen LogP contribution is -2.39. The van der Waals surface area contributed by atoms with Gasteiger partial charge in [0.1, 0.15) is 0 Å². The number of carbonyl (C=O) groups excluding carboxylic acids is 9. The molecule has 0 aliphatic carbocycles. The van der Waals surface area contributed by atoms with E-state index in [-0.39, 0.29) is 165 Å². The van der Waals surface area contributed by atoms with Crippen molar-refractivity contribution in [2.75, 3.05) is 46.0 Å². The number of nitrogens with one attached hydrogen (secondary N) is 9. The molecule has 0 aromatic rings. The minimum absolute atomic E-state index is 0. The van der Waals surface area contributed by atoms with E-state index in [1.165, 1.54) is 0 Å². The van der Waals surface area contributed by atoms with Gasteiger partial charge < -0.3 is 73.4 Å². The second-order valence-corrected chi connectivity index (χ2v) is 27.9. The SMILES string of the molecule is C.C.CC(C)C(=O)N[C@@H](C)CO.CC(C)C(=O)N[C@H](C)CO.CCC(C)(C)CNC(=O)C(C)C.CCC(CO)NC(=O)C(C)C.CCCNC(=O)C(C)C.CCC[C@@H](C)NC(=O)C(C)C.CCC[C@H](C)NC(=O)C(C)C.CC[C@@H](O)CNC(=O)C(C)C.CC[C@H](O)CNC(=O)C(C)C. The average Bonchev–Trinajstić information content (AvgIpc) is 1.35. The van der Waals surface area contributed by atoms with Crippen LogP contribution in [0.3, 0.4) is 0 Å². The minimum Gasteiger partial charge on any atom is -0.394 e. The summed E-state index contributed by atoms with van der Waals surface area (Å²) in [5, 5.41) is 68.9. The van der Waals surface area contributed by atoms with E-state index in [2.05, 4.69) is 82.5 Å². The van der Waals surface area contributed by atoms with Crippen molar-refractivity contribution < 1.29 is 68.7 Å². The monoisotopic (exact) mass is 1410 g/mol. The number of hydrogen-bond donors (Lipinski definition) is 14. The van der Waals surface area contributed by atoms with Crippen LogP contribution in [0.4, 0.5) is 0 Å². The Morgan fingerprint density at radius 3 is 0.765 bits per heavy atom. The Bertz CT molecular complexity index is 1830. The molecule has 9 amide bonds. The van der Waals surface area contributed by atoms with Crippen LogP contribution in [0.5, 0.6) is 0 Å². The molecule has 1 unspecified atom stereocenters. The van der Waals surface area contributed by atoms with Crippen LogP contribution in [0.1, 0.15) is 287 Å². The van der Waals surface area contributed by atoms with E-state index in [0.29, 0.717) is 38.0 Å². The summed E-state index contributed by atoms with van der Waals surface area (Å²) in [6, 6.07) is 0.319. The number of carbonyl (C=O) groups is 9. The lowest BCUT2D eigenvalue weighted by atomic mass is 9.90. The molecular weight excluding hydrogens is 1250 g/mol. The van der Waals surface area contributed by atoms with Gasteiger partial charge in [-0.15, -0.1) is 0 Å². The molecular formula is C75H163N9O14. The third kappa shape index (κ3) is 87.1. The third-order valence-electron chi connectivity index (χ3n) is 13.5. The van der Waals surface area contributed by atoms with Gasteiger partial charge in [-0.2, -0.15) is 0 Å². The molecule has 23 nitrogen and oxygen atoms in total. The summed E-state index contributed by atoms with van der Waals surface area (Å²) < 4.78 is 0. The normalized spacial score (nSPS) is 12.5. The molecule has 0 radical (unpaired) electrons. The van der Waals surface area contributed by atoms with Gasteiger partial charge in [-0.05, 0) is 78.1 Å². The molecule has 0 aromatic carbocycles. The summed E-state index contributed by atoms with van der Waals surface area (Å²) in [7, 11) is 0. The summed E-state index contributed by atoms with van der Waals surface area (Å²) in [4.78, 5) is 98.9. The first-order chi connectivity index (χ1) is 44.1. The third-order valence-corrected chi connectivity index (χ3v) is 13.5. The van der Waals surface area contributed by atoms with Crippen LogP contribution in [0.15, 0.2) is 0 Å². The molecule has 23 heteroatoms. The Morgan fingerprint density at radius 1 is 0.316 bits per heavy atom. The summed E-state index contributed by atoms with van der Waals surface area (Å²) in [6.07, 6.45) is 7.81. The van der Waals surface area contributed by atoms with E-state index in [0.717, 1.165) is 58.0 Å². The van der Waals surface area contributed by atoms with Gasteiger partial charge in [0.15, 0.2) is 0 Å². The maximum atomic E-state index is 11.2. The van der Waals surface area contributed by atoms with Gasteiger partial charge in [0.25, 0.3) is 0 Å². The molecule has 0 heterocycles. The number of amides is 9. The van der Waals surface area contributed by atoms with Gasteiger partial charge in [0.2, 0.25) is 53.2 Å². The van der Waals surface area contributed by atoms with Crippen LogP contribution >= 0.6 is 0 Å². The lowest BCUT2D eigenvalue weighted by Gasteiger charge is -2.23. The molecule has 0 rings (SSSR count). The molecule has 0 bridgehead atoms. The van der Waals surface area contributed by atoms with Crippen molar-refractivity contribution in [3.8, 4) is 0 Å². The van der Waals surface area contributed by atoms with Crippen molar-refractivity contribution in [1.82, 2.24) is 47.9 Å². The van der Waals surface area contributed by atoms with E-state index in [4.69, 9.17) is 25.5 Å². The first-order valence-corrected chi connectivity index (χ1v) is 35.9. The van der Waals surface area contributed by atoms with Gasteiger partial charge >= 0.3 is 0 Å². The zero-order valence-corrected chi connectivity index (χ0v) is 67.0. The fourth-order valence-electron chi connectivity index (χ4n) is 5.63. The first kappa shape index (κ1) is 117. The summed E-state index contributed by atoms with van der Waals surface area (Å²) in [6.45, 7) is 61.9. The standard InChI is InChI=1S/C10H21NO.2C9H19NO.3C8H17NO2.2C7H15NO2.C7H15NO.2CH4/c1-6-10(4,5)7-11-9(12)8(2)3;2*1-5-6-8(4)10-9(11)7(2)3;1-4-7(5-10)9-8(11)6(2)3;2*1-4-7(10)5-9-8(11)6(2)3;2*1-5(2)7(10)8-6(3)4-9;1-4-5-8-7(9)6(2)3;;/h8H,6-7H2,1-5H3,(H,11,12);2*7-8H,5-6H2,1-4H3,(H,10,11);3*6-7,10H,4-5H2,1-3H3,(H,9,11);2*5-6,9H,4H2,1-3H3,(H,8,10);6H,4-5H2,1-3H3,(H,8,9);2*1H4/t;2*8-;;2*7-;2*6-;;;/m.10.1010.../s1. The van der Waals surface area contributed by atoms with Crippen LogP contribution in [-0.2, 0) is 43.2 Å². The minimum atomic E-state index is -0.405. The Hall–Kier alpha value is -4.97. The molecule has 14 N–H and O–H groups in total. The lowest BCUT2D eigenvalue weighted by molar-refractivity contribution is -0.125. The largest absolute Gasteiger partial charge is 0.394 e. The number of aliphatic hydroxyl groups is 5. The summed E-state index contributed by atoms with van der Waals surface area (Å²) >= 11 is 0. The molecule has 98 heavy (non-hydrogen) atoms. The van der Waals surface area contributed by atoms with E-state index >= 15 is 0 Å². The smallest absolute Gasteiger partial charge is 0.222 e. The maximum Gasteiger partial charge on any atom is 0.222 e. The second kappa shape index (κ2) is 74.7. The molecule has 7 atom stereocenters. The summed E-state index contributed by atoms with van der Waals surface area (Å²) in [5.41, 5.74) is 0.227. The van der Waals surface area contributed by atoms with Crippen molar-refractivity contribution >= 4 is 53.2 Å². The topological polar surface area (TPSA) is 363 Å². The molecule has 0 saturated heterocycles. The highest BCUT2D eigenvalue weighted by atomic mass is 16.3. The van der Waals surface area contributed by atoms with Crippen molar-refractivity contribution in [2.45, 2.75) is 330 Å². The first-order valence-electron chi connectivity index (χ1n) is 35.9. The fraction of sp³-hybridized carbons (Fsp3) is 0.880. The van der Waals surface area contributed by atoms with Gasteiger partial charge in [0.05, 0.1) is 38.1 Å². The van der Waals surface area contributed by atoms with E-state index in [1.54, 1.807) is 13.8 Å². The van der Waals surface area contributed by atoms with Crippen LogP contribution < -0.4 is 47.9 Å².